The van der Waals surface area contributed by atoms with Crippen LogP contribution in [0.3, 0.4) is 0 Å². The van der Waals surface area contributed by atoms with Crippen LogP contribution in [0, 0.1) is 0 Å². The van der Waals surface area contributed by atoms with Crippen LogP contribution in [0.2, 0.25) is 0 Å². The summed E-state index contributed by atoms with van der Waals surface area (Å²) in [6, 6.07) is 7.37. The molecule has 0 bridgehead atoms. The molecule has 1 amide bonds. The van der Waals surface area contributed by atoms with Crippen molar-refractivity contribution in [1.29, 1.82) is 0 Å². The van der Waals surface area contributed by atoms with E-state index in [1.807, 2.05) is 38.1 Å². The highest BCUT2D eigenvalue weighted by Gasteiger charge is 2.21. The highest BCUT2D eigenvalue weighted by molar-refractivity contribution is 9.10. The van der Waals surface area contributed by atoms with Crippen molar-refractivity contribution in [3.05, 3.63) is 34.3 Å². The number of benzene rings is 1. The van der Waals surface area contributed by atoms with Crippen molar-refractivity contribution in [2.24, 2.45) is 0 Å². The molecule has 0 saturated carbocycles. The van der Waals surface area contributed by atoms with E-state index in [1.165, 1.54) is 4.31 Å². The number of hydrogen-bond acceptors (Lipinski definition) is 3. The van der Waals surface area contributed by atoms with Gasteiger partial charge in [-0.25, -0.2) is 8.42 Å². The van der Waals surface area contributed by atoms with E-state index in [0.717, 1.165) is 22.7 Å². The molecule has 1 atom stereocenters. The Morgan fingerprint density at radius 3 is 2.38 bits per heavy atom. The highest BCUT2D eigenvalue weighted by atomic mass is 79.9. The molecule has 0 unspecified atom stereocenters. The van der Waals surface area contributed by atoms with Crippen molar-refractivity contribution in [2.45, 2.75) is 32.9 Å². The molecule has 0 saturated heterocycles. The monoisotopic (exact) mass is 376 g/mol. The van der Waals surface area contributed by atoms with E-state index in [4.69, 9.17) is 0 Å². The van der Waals surface area contributed by atoms with Crippen molar-refractivity contribution in [3.63, 3.8) is 0 Å². The summed E-state index contributed by atoms with van der Waals surface area (Å²) in [5.41, 5.74) is 0.833. The van der Waals surface area contributed by atoms with Crippen LogP contribution in [-0.2, 0) is 21.4 Å². The minimum Gasteiger partial charge on any atom is -0.353 e. The van der Waals surface area contributed by atoms with Crippen LogP contribution >= 0.6 is 15.9 Å². The Balaban J connectivity index is 2.78. The molecule has 0 aliphatic heterocycles. The summed E-state index contributed by atoms with van der Waals surface area (Å²) in [4.78, 5) is 11.9. The van der Waals surface area contributed by atoms with Crippen LogP contribution in [-0.4, -0.2) is 37.5 Å². The summed E-state index contributed by atoms with van der Waals surface area (Å²) in [6.07, 6.45) is 1.92. The molecule has 7 heteroatoms. The van der Waals surface area contributed by atoms with Gasteiger partial charge in [-0.2, -0.15) is 4.31 Å². The third kappa shape index (κ3) is 6.58. The molecule has 0 aliphatic rings. The van der Waals surface area contributed by atoms with Crippen molar-refractivity contribution in [2.75, 3.05) is 12.8 Å². The van der Waals surface area contributed by atoms with Crippen LogP contribution in [0.1, 0.15) is 25.8 Å². The number of amides is 1. The van der Waals surface area contributed by atoms with E-state index in [9.17, 15) is 13.2 Å². The first-order valence-electron chi connectivity index (χ1n) is 6.71. The molecule has 1 N–H and O–H groups in total. The molecule has 0 spiro atoms. The van der Waals surface area contributed by atoms with Crippen molar-refractivity contribution < 1.29 is 13.2 Å². The maximum absolute atomic E-state index is 11.9. The molecule has 0 radical (unpaired) electrons. The highest BCUT2D eigenvalue weighted by Crippen LogP contribution is 2.13. The van der Waals surface area contributed by atoms with Crippen LogP contribution in [0.5, 0.6) is 0 Å². The first-order valence-corrected chi connectivity index (χ1v) is 9.35. The zero-order chi connectivity index (χ0) is 16.0. The van der Waals surface area contributed by atoms with Gasteiger partial charge in [-0.05, 0) is 31.0 Å². The Kier molecular flexibility index (Phi) is 6.83. The van der Waals surface area contributed by atoms with Crippen LogP contribution < -0.4 is 5.32 Å². The minimum atomic E-state index is -3.45. The molecule has 0 heterocycles. The van der Waals surface area contributed by atoms with Gasteiger partial charge in [0.2, 0.25) is 15.9 Å². The molecule has 5 nitrogen and oxygen atoms in total. The Hall–Kier alpha value is -0.920. The lowest BCUT2D eigenvalue weighted by molar-refractivity contribution is -0.122. The number of rotatable bonds is 7. The normalized spacial score (nSPS) is 13.2. The van der Waals surface area contributed by atoms with Gasteiger partial charge in [0.05, 0.1) is 12.8 Å². The molecular formula is C14H21BrN2O3S. The summed E-state index contributed by atoms with van der Waals surface area (Å²) in [6.45, 7) is 3.86. The fourth-order valence-corrected chi connectivity index (χ4v) is 2.67. The van der Waals surface area contributed by atoms with Gasteiger partial charge in [-0.1, -0.05) is 35.0 Å². The van der Waals surface area contributed by atoms with Gasteiger partial charge in [0, 0.05) is 17.1 Å². The third-order valence-electron chi connectivity index (χ3n) is 3.08. The Labute approximate surface area is 134 Å². The van der Waals surface area contributed by atoms with Crippen LogP contribution in [0.4, 0.5) is 0 Å². The number of halogens is 1. The molecular weight excluding hydrogens is 356 g/mol. The largest absolute Gasteiger partial charge is 0.353 e. The van der Waals surface area contributed by atoms with Gasteiger partial charge in [-0.15, -0.1) is 0 Å². The van der Waals surface area contributed by atoms with Crippen molar-refractivity contribution >= 4 is 31.9 Å². The number of nitrogens with one attached hydrogen (secondary N) is 1. The number of carbonyl (C=O) groups is 1. The van der Waals surface area contributed by atoms with Gasteiger partial charge < -0.3 is 5.32 Å². The van der Waals surface area contributed by atoms with E-state index in [0.29, 0.717) is 0 Å². The van der Waals surface area contributed by atoms with E-state index >= 15 is 0 Å². The fraction of sp³-hybridized carbons (Fsp3) is 0.500. The van der Waals surface area contributed by atoms with E-state index in [2.05, 4.69) is 21.2 Å². The molecule has 0 aromatic heterocycles. The minimum absolute atomic E-state index is 0.0339. The number of hydrogen-bond donors (Lipinski definition) is 1. The molecule has 1 aromatic rings. The molecule has 0 fully saturated rings. The SMILES string of the molecule is CC[C@@H](C)NC(=O)CN(Cc1ccc(Br)cc1)S(C)(=O)=O. The van der Waals surface area contributed by atoms with E-state index in [1.54, 1.807) is 0 Å². The summed E-state index contributed by atoms with van der Waals surface area (Å²) in [7, 11) is -3.45. The molecule has 21 heavy (non-hydrogen) atoms. The van der Waals surface area contributed by atoms with Gasteiger partial charge in [-0.3, -0.25) is 4.79 Å². The predicted molar refractivity (Wildman–Crippen MR) is 87.3 cm³/mol. The number of carbonyl (C=O) groups excluding carboxylic acids is 1. The van der Waals surface area contributed by atoms with Gasteiger partial charge in [0.15, 0.2) is 0 Å². The zero-order valence-electron chi connectivity index (χ0n) is 12.5. The van der Waals surface area contributed by atoms with Crippen molar-refractivity contribution in [3.8, 4) is 0 Å². The third-order valence-corrected chi connectivity index (χ3v) is 4.81. The standard InChI is InChI=1S/C14H21BrN2O3S/c1-4-11(2)16-14(18)10-17(21(3,19)20)9-12-5-7-13(15)8-6-12/h5-8,11H,4,9-10H2,1-3H3,(H,16,18)/t11-/m1/s1. The Morgan fingerprint density at radius 2 is 1.90 bits per heavy atom. The molecule has 0 aliphatic carbocycles. The zero-order valence-corrected chi connectivity index (χ0v) is 14.9. The summed E-state index contributed by atoms with van der Waals surface area (Å²) in [5.74, 6) is -0.285. The van der Waals surface area contributed by atoms with E-state index in [-0.39, 0.29) is 25.0 Å². The summed E-state index contributed by atoms with van der Waals surface area (Å²) >= 11 is 3.33. The smallest absolute Gasteiger partial charge is 0.235 e. The average Bonchev–Trinajstić information content (AvgIpc) is 2.39. The summed E-state index contributed by atoms with van der Waals surface area (Å²) < 4.78 is 25.8. The molecule has 118 valence electrons. The molecule has 1 rings (SSSR count). The summed E-state index contributed by atoms with van der Waals surface area (Å²) in [5, 5.41) is 2.77. The second-order valence-electron chi connectivity index (χ2n) is 5.03. The quantitative estimate of drug-likeness (QED) is 0.792. The lowest BCUT2D eigenvalue weighted by atomic mass is 10.2. The molecule has 1 aromatic carbocycles. The lowest BCUT2D eigenvalue weighted by Gasteiger charge is -2.21. The maximum Gasteiger partial charge on any atom is 0.235 e. The van der Waals surface area contributed by atoms with Crippen molar-refractivity contribution in [1.82, 2.24) is 9.62 Å². The topological polar surface area (TPSA) is 66.5 Å². The predicted octanol–water partition coefficient (Wildman–Crippen LogP) is 2.13. The van der Waals surface area contributed by atoms with Crippen LogP contribution in [0.25, 0.3) is 0 Å². The number of nitrogens with zero attached hydrogens (tertiary/aromatic N) is 1. The lowest BCUT2D eigenvalue weighted by Crippen LogP contribution is -2.42. The van der Waals surface area contributed by atoms with E-state index < -0.39 is 10.0 Å². The fourth-order valence-electron chi connectivity index (χ4n) is 1.67. The average molecular weight is 377 g/mol. The Morgan fingerprint density at radius 1 is 1.33 bits per heavy atom. The first-order chi connectivity index (χ1) is 9.72. The second-order valence-corrected chi connectivity index (χ2v) is 7.93. The van der Waals surface area contributed by atoms with Gasteiger partial charge >= 0.3 is 0 Å². The van der Waals surface area contributed by atoms with Gasteiger partial charge in [0.1, 0.15) is 0 Å². The number of sulfonamides is 1. The first kappa shape index (κ1) is 18.1. The second kappa shape index (κ2) is 7.91. The Bertz CT molecular complexity index is 572. The maximum atomic E-state index is 11.9. The van der Waals surface area contributed by atoms with Gasteiger partial charge in [0.25, 0.3) is 0 Å². The van der Waals surface area contributed by atoms with Crippen LogP contribution in [0.15, 0.2) is 28.7 Å².